The highest BCUT2D eigenvalue weighted by atomic mass is 19.4. The van der Waals surface area contributed by atoms with Gasteiger partial charge in [0.2, 0.25) is 0 Å². The molecule has 0 spiro atoms. The second-order valence-electron chi connectivity index (χ2n) is 5.25. The van der Waals surface area contributed by atoms with Crippen LogP contribution in [-0.4, -0.2) is 17.2 Å². The molecule has 0 aliphatic heterocycles. The zero-order chi connectivity index (χ0) is 15.5. The van der Waals surface area contributed by atoms with Crippen molar-refractivity contribution in [3.05, 3.63) is 29.3 Å². The SMILES string of the molecule is O=C(O)c1cc(C(F)(F)F)ccc1OC1CCCCCC1. The maximum Gasteiger partial charge on any atom is 0.416 e. The summed E-state index contributed by atoms with van der Waals surface area (Å²) in [6.45, 7) is 0. The van der Waals surface area contributed by atoms with Gasteiger partial charge in [-0.25, -0.2) is 4.79 Å². The minimum atomic E-state index is -4.56. The van der Waals surface area contributed by atoms with Gasteiger partial charge in [-0.1, -0.05) is 12.8 Å². The Morgan fingerprint density at radius 2 is 1.76 bits per heavy atom. The molecule has 21 heavy (non-hydrogen) atoms. The van der Waals surface area contributed by atoms with Gasteiger partial charge in [-0.2, -0.15) is 13.2 Å². The number of carboxylic acids is 1. The minimum Gasteiger partial charge on any atom is -0.490 e. The molecule has 0 bridgehead atoms. The van der Waals surface area contributed by atoms with Crippen molar-refractivity contribution in [2.45, 2.75) is 50.8 Å². The van der Waals surface area contributed by atoms with E-state index in [-0.39, 0.29) is 11.9 Å². The third kappa shape index (κ3) is 4.12. The molecule has 0 radical (unpaired) electrons. The van der Waals surface area contributed by atoms with Gasteiger partial charge < -0.3 is 9.84 Å². The summed E-state index contributed by atoms with van der Waals surface area (Å²) < 4.78 is 43.6. The Hall–Kier alpha value is -1.72. The van der Waals surface area contributed by atoms with E-state index in [0.29, 0.717) is 6.07 Å². The summed E-state index contributed by atoms with van der Waals surface area (Å²) in [6.07, 6.45) is 1.13. The standard InChI is InChI=1S/C15H17F3O3/c16-15(17,18)10-7-8-13(12(9-10)14(19)20)21-11-5-3-1-2-4-6-11/h7-9,11H,1-6H2,(H,19,20). The molecule has 1 aliphatic carbocycles. The fraction of sp³-hybridized carbons (Fsp3) is 0.533. The molecule has 6 heteroatoms. The zero-order valence-electron chi connectivity index (χ0n) is 11.4. The molecule has 1 N–H and O–H groups in total. The first kappa shape index (κ1) is 15.7. The lowest BCUT2D eigenvalue weighted by atomic mass is 10.1. The van der Waals surface area contributed by atoms with Crippen LogP contribution in [-0.2, 0) is 6.18 Å². The number of carboxylic acid groups (broad SMARTS) is 1. The molecule has 116 valence electrons. The predicted molar refractivity (Wildman–Crippen MR) is 70.5 cm³/mol. The largest absolute Gasteiger partial charge is 0.490 e. The summed E-state index contributed by atoms with van der Waals surface area (Å²) in [4.78, 5) is 11.2. The molecule has 2 rings (SSSR count). The van der Waals surface area contributed by atoms with Gasteiger partial charge in [-0.15, -0.1) is 0 Å². The Kier molecular flexibility index (Phi) is 4.75. The molecule has 1 aliphatic rings. The molecular formula is C15H17F3O3. The highest BCUT2D eigenvalue weighted by molar-refractivity contribution is 5.91. The van der Waals surface area contributed by atoms with Crippen LogP contribution in [0.25, 0.3) is 0 Å². The first-order chi connectivity index (χ1) is 9.88. The number of aromatic carboxylic acids is 1. The number of hydrogen-bond acceptors (Lipinski definition) is 2. The van der Waals surface area contributed by atoms with Crippen molar-refractivity contribution in [3.8, 4) is 5.75 Å². The number of hydrogen-bond donors (Lipinski definition) is 1. The molecule has 0 aromatic heterocycles. The number of rotatable bonds is 3. The van der Waals surface area contributed by atoms with E-state index in [1.54, 1.807) is 0 Å². The van der Waals surface area contributed by atoms with E-state index >= 15 is 0 Å². The van der Waals surface area contributed by atoms with Crippen LogP contribution in [0.5, 0.6) is 5.75 Å². The molecule has 0 amide bonds. The van der Waals surface area contributed by atoms with Crippen molar-refractivity contribution in [3.63, 3.8) is 0 Å². The zero-order valence-corrected chi connectivity index (χ0v) is 11.4. The van der Waals surface area contributed by atoms with Gasteiger partial charge in [0, 0.05) is 0 Å². The van der Waals surface area contributed by atoms with E-state index in [9.17, 15) is 18.0 Å². The average molecular weight is 302 g/mol. The van der Waals surface area contributed by atoms with Crippen LogP contribution in [0.4, 0.5) is 13.2 Å². The predicted octanol–water partition coefficient (Wildman–Crippen LogP) is 4.51. The highest BCUT2D eigenvalue weighted by Crippen LogP contribution is 2.33. The number of ether oxygens (including phenoxy) is 1. The molecule has 0 unspecified atom stereocenters. The van der Waals surface area contributed by atoms with Crippen LogP contribution in [0.15, 0.2) is 18.2 Å². The molecule has 0 atom stereocenters. The Morgan fingerprint density at radius 3 is 2.29 bits per heavy atom. The van der Waals surface area contributed by atoms with Crippen LogP contribution in [0.1, 0.15) is 54.4 Å². The molecular weight excluding hydrogens is 285 g/mol. The maximum atomic E-state index is 12.6. The number of halogens is 3. The normalized spacial score (nSPS) is 17.3. The van der Waals surface area contributed by atoms with Crippen molar-refractivity contribution >= 4 is 5.97 Å². The van der Waals surface area contributed by atoms with Crippen molar-refractivity contribution in [1.29, 1.82) is 0 Å². The third-order valence-electron chi connectivity index (χ3n) is 3.63. The van der Waals surface area contributed by atoms with Crippen molar-refractivity contribution < 1.29 is 27.8 Å². The van der Waals surface area contributed by atoms with E-state index in [2.05, 4.69) is 0 Å². The summed E-state index contributed by atoms with van der Waals surface area (Å²) >= 11 is 0. The van der Waals surface area contributed by atoms with Gasteiger partial charge in [0.1, 0.15) is 11.3 Å². The summed E-state index contributed by atoms with van der Waals surface area (Å²) in [5.41, 5.74) is -1.41. The quantitative estimate of drug-likeness (QED) is 0.836. The Balaban J connectivity index is 2.24. The molecule has 0 saturated heterocycles. The Labute approximate surface area is 120 Å². The monoisotopic (exact) mass is 302 g/mol. The lowest BCUT2D eigenvalue weighted by molar-refractivity contribution is -0.137. The van der Waals surface area contributed by atoms with Crippen molar-refractivity contribution in [1.82, 2.24) is 0 Å². The Bertz CT molecular complexity index is 503. The third-order valence-corrected chi connectivity index (χ3v) is 3.63. The second-order valence-corrected chi connectivity index (χ2v) is 5.25. The summed E-state index contributed by atoms with van der Waals surface area (Å²) in [5, 5.41) is 9.09. The van der Waals surface area contributed by atoms with Gasteiger partial charge in [0.25, 0.3) is 0 Å². The molecule has 1 fully saturated rings. The summed E-state index contributed by atoms with van der Waals surface area (Å²) in [5.74, 6) is -1.40. The van der Waals surface area contributed by atoms with E-state index < -0.39 is 23.3 Å². The fourth-order valence-corrected chi connectivity index (χ4v) is 2.52. The lowest BCUT2D eigenvalue weighted by Gasteiger charge is -2.19. The molecule has 1 aromatic carbocycles. The van der Waals surface area contributed by atoms with E-state index in [4.69, 9.17) is 9.84 Å². The highest BCUT2D eigenvalue weighted by Gasteiger charge is 2.32. The van der Waals surface area contributed by atoms with Crippen molar-refractivity contribution in [2.75, 3.05) is 0 Å². The minimum absolute atomic E-state index is 0.0161. The number of carbonyl (C=O) groups is 1. The lowest BCUT2D eigenvalue weighted by Crippen LogP contribution is -2.17. The fourth-order valence-electron chi connectivity index (χ4n) is 2.52. The van der Waals surface area contributed by atoms with Gasteiger partial charge in [-0.3, -0.25) is 0 Å². The summed E-state index contributed by atoms with van der Waals surface area (Å²) in [6, 6.07) is 2.60. The van der Waals surface area contributed by atoms with Gasteiger partial charge in [0.15, 0.2) is 0 Å². The van der Waals surface area contributed by atoms with E-state index in [1.807, 2.05) is 0 Å². The van der Waals surface area contributed by atoms with E-state index in [0.717, 1.165) is 50.7 Å². The van der Waals surface area contributed by atoms with Crippen LogP contribution < -0.4 is 4.74 Å². The topological polar surface area (TPSA) is 46.5 Å². The molecule has 3 nitrogen and oxygen atoms in total. The second kappa shape index (κ2) is 6.37. The van der Waals surface area contributed by atoms with Crippen LogP contribution in [0.3, 0.4) is 0 Å². The molecule has 1 aromatic rings. The van der Waals surface area contributed by atoms with Crippen LogP contribution in [0.2, 0.25) is 0 Å². The average Bonchev–Trinajstić information content (AvgIpc) is 2.66. The van der Waals surface area contributed by atoms with Crippen molar-refractivity contribution in [2.24, 2.45) is 0 Å². The van der Waals surface area contributed by atoms with Gasteiger partial charge >= 0.3 is 12.1 Å². The Morgan fingerprint density at radius 1 is 1.14 bits per heavy atom. The first-order valence-corrected chi connectivity index (χ1v) is 6.99. The van der Waals surface area contributed by atoms with E-state index in [1.165, 1.54) is 0 Å². The molecule has 0 heterocycles. The van der Waals surface area contributed by atoms with Crippen LogP contribution >= 0.6 is 0 Å². The van der Waals surface area contributed by atoms with Gasteiger partial charge in [0.05, 0.1) is 11.7 Å². The van der Waals surface area contributed by atoms with Crippen LogP contribution in [0, 0.1) is 0 Å². The first-order valence-electron chi connectivity index (χ1n) is 6.99. The molecule has 1 saturated carbocycles. The maximum absolute atomic E-state index is 12.6. The number of alkyl halides is 3. The summed E-state index contributed by atoms with van der Waals surface area (Å²) in [7, 11) is 0. The van der Waals surface area contributed by atoms with Gasteiger partial charge in [-0.05, 0) is 43.9 Å². The number of benzene rings is 1. The smallest absolute Gasteiger partial charge is 0.416 e.